The van der Waals surface area contributed by atoms with Crippen LogP contribution < -0.4 is 30.4 Å². The zero-order chi connectivity index (χ0) is 29.4. The quantitative estimate of drug-likeness (QED) is 0.219. The van der Waals surface area contributed by atoms with E-state index < -0.39 is 0 Å². The molecule has 0 fully saturated rings. The van der Waals surface area contributed by atoms with E-state index in [0.29, 0.717) is 0 Å². The van der Waals surface area contributed by atoms with Gasteiger partial charge in [-0.05, 0) is 77.5 Å². The van der Waals surface area contributed by atoms with Crippen LogP contribution in [-0.2, 0) is 0 Å². The molecular weight excluding hydrogens is 537 g/mol. The maximum absolute atomic E-state index is 2.58. The molecule has 0 amide bonds. The Morgan fingerprint density at radius 1 is 0.545 bits per heavy atom. The molecule has 0 saturated carbocycles. The van der Waals surface area contributed by atoms with Gasteiger partial charge < -0.3 is 24.4 Å². The number of rotatable bonds is 3. The number of benzene rings is 5. The molecule has 44 heavy (non-hydrogen) atoms. The molecule has 5 nitrogen and oxygen atoms in total. The minimum Gasteiger partial charge on any atom is -0.376 e. The summed E-state index contributed by atoms with van der Waals surface area (Å²) in [5.41, 5.74) is 15.3. The van der Waals surface area contributed by atoms with Gasteiger partial charge in [0.1, 0.15) is 0 Å². The van der Waals surface area contributed by atoms with Crippen LogP contribution in [0.1, 0.15) is 6.92 Å². The van der Waals surface area contributed by atoms with Gasteiger partial charge in [-0.3, -0.25) is 0 Å². The molecule has 9 rings (SSSR count). The van der Waals surface area contributed by atoms with Crippen molar-refractivity contribution in [2.24, 2.45) is 0 Å². The van der Waals surface area contributed by atoms with E-state index in [1.54, 1.807) is 0 Å². The van der Waals surface area contributed by atoms with E-state index in [1.165, 1.54) is 67.3 Å². The Hall–Kier alpha value is -5.36. The van der Waals surface area contributed by atoms with E-state index in [2.05, 4.69) is 172 Å². The minimum atomic E-state index is 0.0473. The van der Waals surface area contributed by atoms with Crippen LogP contribution in [0.3, 0.4) is 0 Å². The molecule has 4 aliphatic rings. The van der Waals surface area contributed by atoms with Crippen LogP contribution in [0.15, 0.2) is 140 Å². The maximum atomic E-state index is 2.58. The summed E-state index contributed by atoms with van der Waals surface area (Å²) in [5, 5.41) is 0. The molecule has 4 heterocycles. The number of fused-ring (bicyclic) bond motifs is 11. The third-order valence-electron chi connectivity index (χ3n) is 9.49. The van der Waals surface area contributed by atoms with Gasteiger partial charge in [0, 0.05) is 70.9 Å². The second-order valence-electron chi connectivity index (χ2n) is 12.2. The van der Waals surface area contributed by atoms with Crippen molar-refractivity contribution in [1.82, 2.24) is 4.90 Å². The van der Waals surface area contributed by atoms with Crippen LogP contribution >= 0.6 is 0 Å². The van der Waals surface area contributed by atoms with Crippen molar-refractivity contribution in [1.29, 1.82) is 0 Å². The van der Waals surface area contributed by atoms with Gasteiger partial charge in [-0.25, -0.2) is 0 Å². The fourth-order valence-electron chi connectivity index (χ4n) is 7.49. The Labute approximate surface area is 259 Å². The standard InChI is InChI=1S/C38H32BN5/c1-27-24-40(2)25-43(27)30-17-19-32-34-13-7-9-15-38(34)44-37-14-8-6-12-33(37)31-18-16-29(22-35(31)39(44)36(32)23-30)42-21-20-41(26-42)28-10-4-3-5-11-28/h3-24H,25-26H2,1-2H3. The SMILES string of the molecule is CC1=CN(C)CN1c1ccc2c(c1)B1c3cc(N4C=CN(c5ccccc5)C4)ccc3-c3ccccc3N1c1ccccc1-2. The third-order valence-corrected chi connectivity index (χ3v) is 9.49. The average molecular weight is 570 g/mol. The van der Waals surface area contributed by atoms with E-state index in [1.807, 2.05) is 0 Å². The van der Waals surface area contributed by atoms with Crippen LogP contribution in [-0.4, -0.2) is 32.1 Å². The van der Waals surface area contributed by atoms with E-state index in [9.17, 15) is 0 Å². The Balaban J connectivity index is 1.22. The molecule has 0 aliphatic carbocycles. The first kappa shape index (κ1) is 25.2. The molecule has 212 valence electrons. The molecule has 5 aromatic carbocycles. The van der Waals surface area contributed by atoms with Crippen molar-refractivity contribution in [2.45, 2.75) is 6.92 Å². The first-order valence-corrected chi connectivity index (χ1v) is 15.3. The first-order chi connectivity index (χ1) is 21.6. The highest BCUT2D eigenvalue weighted by atomic mass is 15.3. The van der Waals surface area contributed by atoms with Crippen molar-refractivity contribution in [2.75, 3.05) is 39.9 Å². The van der Waals surface area contributed by atoms with Crippen LogP contribution in [0.4, 0.5) is 28.4 Å². The molecule has 0 unspecified atom stereocenters. The summed E-state index contributed by atoms with van der Waals surface area (Å²) >= 11 is 0. The molecule has 5 aromatic rings. The molecule has 0 radical (unpaired) electrons. The molecule has 0 saturated heterocycles. The van der Waals surface area contributed by atoms with Gasteiger partial charge in [0.15, 0.2) is 0 Å². The topological polar surface area (TPSA) is 16.2 Å². The number of nitrogens with zero attached hydrogens (tertiary/aromatic N) is 5. The number of hydrogen-bond acceptors (Lipinski definition) is 5. The molecule has 0 N–H and O–H groups in total. The van der Waals surface area contributed by atoms with Gasteiger partial charge in [0.25, 0.3) is 0 Å². The molecule has 0 spiro atoms. The van der Waals surface area contributed by atoms with Crippen molar-refractivity contribution < 1.29 is 0 Å². The number of allylic oxidation sites excluding steroid dienone is 1. The fraction of sp³-hybridized carbons (Fsp3) is 0.105. The summed E-state index contributed by atoms with van der Waals surface area (Å²) in [4.78, 5) is 11.9. The van der Waals surface area contributed by atoms with Gasteiger partial charge >= 0.3 is 6.85 Å². The Bertz CT molecular complexity index is 2000. The second-order valence-corrected chi connectivity index (χ2v) is 12.2. The highest BCUT2D eigenvalue weighted by Gasteiger charge is 2.42. The summed E-state index contributed by atoms with van der Waals surface area (Å²) in [6, 6.07) is 42.5. The van der Waals surface area contributed by atoms with Gasteiger partial charge in [0.05, 0.1) is 13.3 Å². The second kappa shape index (κ2) is 9.58. The van der Waals surface area contributed by atoms with Crippen molar-refractivity contribution >= 4 is 46.2 Å². The lowest BCUT2D eigenvalue weighted by atomic mass is 9.43. The van der Waals surface area contributed by atoms with E-state index >= 15 is 0 Å². The van der Waals surface area contributed by atoms with Crippen LogP contribution in [0, 0.1) is 0 Å². The highest BCUT2D eigenvalue weighted by Crippen LogP contribution is 2.46. The van der Waals surface area contributed by atoms with Gasteiger partial charge in [-0.2, -0.15) is 0 Å². The lowest BCUT2D eigenvalue weighted by Gasteiger charge is -2.44. The normalized spacial score (nSPS) is 16.0. The Morgan fingerprint density at radius 2 is 1.11 bits per heavy atom. The largest absolute Gasteiger partial charge is 0.376 e. The zero-order valence-electron chi connectivity index (χ0n) is 24.9. The molecule has 0 atom stereocenters. The van der Waals surface area contributed by atoms with Crippen molar-refractivity contribution in [3.63, 3.8) is 0 Å². The summed E-state index contributed by atoms with van der Waals surface area (Å²) < 4.78 is 0. The average Bonchev–Trinajstić information content (AvgIpc) is 3.70. The predicted octanol–water partition coefficient (Wildman–Crippen LogP) is 6.92. The first-order valence-electron chi connectivity index (χ1n) is 15.3. The van der Waals surface area contributed by atoms with Crippen LogP contribution in [0.2, 0.25) is 0 Å². The smallest absolute Gasteiger partial charge is 0.329 e. The van der Waals surface area contributed by atoms with Crippen molar-refractivity contribution in [3.8, 4) is 22.3 Å². The predicted molar refractivity (Wildman–Crippen MR) is 185 cm³/mol. The summed E-state index contributed by atoms with van der Waals surface area (Å²) in [6.07, 6.45) is 6.60. The zero-order valence-corrected chi connectivity index (χ0v) is 24.9. The van der Waals surface area contributed by atoms with Crippen molar-refractivity contribution in [3.05, 3.63) is 140 Å². The Morgan fingerprint density at radius 3 is 1.75 bits per heavy atom. The maximum Gasteiger partial charge on any atom is 0.329 e. The molecule has 0 aromatic heterocycles. The van der Waals surface area contributed by atoms with Gasteiger partial charge in [-0.1, -0.05) is 66.7 Å². The highest BCUT2D eigenvalue weighted by molar-refractivity contribution is 6.92. The molecule has 6 heteroatoms. The van der Waals surface area contributed by atoms with Gasteiger partial charge in [-0.15, -0.1) is 0 Å². The van der Waals surface area contributed by atoms with E-state index in [0.717, 1.165) is 13.3 Å². The van der Waals surface area contributed by atoms with Crippen LogP contribution in [0.5, 0.6) is 0 Å². The minimum absolute atomic E-state index is 0.0473. The lowest BCUT2D eigenvalue weighted by Crippen LogP contribution is -2.59. The van der Waals surface area contributed by atoms with E-state index in [4.69, 9.17) is 0 Å². The van der Waals surface area contributed by atoms with Crippen LogP contribution in [0.25, 0.3) is 22.3 Å². The summed E-state index contributed by atoms with van der Waals surface area (Å²) in [6.45, 7) is 3.89. The number of anilines is 5. The molecule has 4 aliphatic heterocycles. The number of para-hydroxylation sites is 3. The van der Waals surface area contributed by atoms with Gasteiger partial charge in [0.2, 0.25) is 0 Å². The molecular formula is C38H32BN5. The van der Waals surface area contributed by atoms with E-state index in [-0.39, 0.29) is 6.85 Å². The third kappa shape index (κ3) is 3.74. The fourth-order valence-corrected chi connectivity index (χ4v) is 7.49. The summed E-state index contributed by atoms with van der Waals surface area (Å²) in [7, 11) is 2.14. The summed E-state index contributed by atoms with van der Waals surface area (Å²) in [5.74, 6) is 0. The lowest BCUT2D eigenvalue weighted by molar-refractivity contribution is 0.495. The Kier molecular flexibility index (Phi) is 5.48. The monoisotopic (exact) mass is 569 g/mol. The molecule has 0 bridgehead atoms. The number of hydrogen-bond donors (Lipinski definition) is 0.